The zero-order chi connectivity index (χ0) is 13.8. The Labute approximate surface area is 119 Å². The molecule has 1 amide bonds. The van der Waals surface area contributed by atoms with Gasteiger partial charge in [0.05, 0.1) is 6.54 Å². The molecule has 0 aromatic heterocycles. The van der Waals surface area contributed by atoms with Crippen molar-refractivity contribution >= 4 is 23.2 Å². The second-order valence-electron chi connectivity index (χ2n) is 5.45. The van der Waals surface area contributed by atoms with E-state index >= 15 is 0 Å². The molecule has 104 valence electrons. The first-order valence-electron chi connectivity index (χ1n) is 6.83. The Balaban J connectivity index is 1.75. The van der Waals surface area contributed by atoms with E-state index in [0.717, 1.165) is 23.7 Å². The van der Waals surface area contributed by atoms with E-state index in [1.165, 1.54) is 12.8 Å². The van der Waals surface area contributed by atoms with Crippen molar-refractivity contribution in [3.05, 3.63) is 28.8 Å². The number of anilines is 1. The van der Waals surface area contributed by atoms with E-state index in [4.69, 9.17) is 11.6 Å². The summed E-state index contributed by atoms with van der Waals surface area (Å²) in [5.74, 6) is 1.51. The van der Waals surface area contributed by atoms with Gasteiger partial charge in [-0.25, -0.2) is 0 Å². The van der Waals surface area contributed by atoms with Crippen LogP contribution in [0.5, 0.6) is 0 Å². The first-order chi connectivity index (χ1) is 9.06. The Hall–Kier alpha value is -1.06. The van der Waals surface area contributed by atoms with Crippen molar-refractivity contribution in [2.75, 3.05) is 18.4 Å². The van der Waals surface area contributed by atoms with Gasteiger partial charge in [0.15, 0.2) is 0 Å². The summed E-state index contributed by atoms with van der Waals surface area (Å²) in [5, 5.41) is 6.73. The minimum atomic E-state index is -0.0200. The predicted octanol–water partition coefficient (Wildman–Crippen LogP) is 3.22. The number of carbonyl (C=O) groups excluding carboxylic acids is 1. The lowest BCUT2D eigenvalue weighted by molar-refractivity contribution is -0.115. The average molecular weight is 281 g/mol. The highest BCUT2D eigenvalue weighted by atomic mass is 35.5. The molecule has 2 rings (SSSR count). The Kier molecular flexibility index (Phi) is 4.83. The molecule has 1 aromatic carbocycles. The fraction of sp³-hybridized carbons (Fsp3) is 0.533. The van der Waals surface area contributed by atoms with Crippen molar-refractivity contribution in [1.29, 1.82) is 0 Å². The summed E-state index contributed by atoms with van der Waals surface area (Å²) >= 11 is 5.92. The molecule has 1 atom stereocenters. The van der Waals surface area contributed by atoms with Gasteiger partial charge in [-0.05, 0) is 55.8 Å². The molecule has 1 aromatic rings. The Morgan fingerprint density at radius 1 is 1.47 bits per heavy atom. The second kappa shape index (κ2) is 6.40. The zero-order valence-electron chi connectivity index (χ0n) is 11.5. The van der Waals surface area contributed by atoms with E-state index in [0.29, 0.717) is 17.5 Å². The summed E-state index contributed by atoms with van der Waals surface area (Å²) in [6.45, 7) is 5.45. The van der Waals surface area contributed by atoms with Gasteiger partial charge >= 0.3 is 0 Å². The van der Waals surface area contributed by atoms with Crippen LogP contribution >= 0.6 is 11.6 Å². The van der Waals surface area contributed by atoms with Crippen LogP contribution in [0.2, 0.25) is 5.02 Å². The first-order valence-corrected chi connectivity index (χ1v) is 7.21. The highest BCUT2D eigenvalue weighted by molar-refractivity contribution is 6.31. The molecule has 0 aliphatic heterocycles. The molecule has 2 N–H and O–H groups in total. The number of aryl methyl sites for hydroxylation is 1. The maximum atomic E-state index is 11.8. The minimum absolute atomic E-state index is 0.0200. The molecule has 0 heterocycles. The molecule has 3 nitrogen and oxygen atoms in total. The largest absolute Gasteiger partial charge is 0.325 e. The maximum Gasteiger partial charge on any atom is 0.238 e. The third-order valence-corrected chi connectivity index (χ3v) is 3.89. The van der Waals surface area contributed by atoms with Gasteiger partial charge in [0.2, 0.25) is 5.91 Å². The summed E-state index contributed by atoms with van der Waals surface area (Å²) in [4.78, 5) is 11.8. The van der Waals surface area contributed by atoms with E-state index in [2.05, 4.69) is 17.6 Å². The molecule has 1 aliphatic rings. The fourth-order valence-electron chi connectivity index (χ4n) is 2.17. The van der Waals surface area contributed by atoms with E-state index in [1.54, 1.807) is 6.07 Å². The number of amides is 1. The van der Waals surface area contributed by atoms with Crippen molar-refractivity contribution < 1.29 is 4.79 Å². The highest BCUT2D eigenvalue weighted by Gasteiger charge is 2.27. The number of benzene rings is 1. The maximum absolute atomic E-state index is 11.8. The molecule has 0 bridgehead atoms. The highest BCUT2D eigenvalue weighted by Crippen LogP contribution is 2.35. The van der Waals surface area contributed by atoms with Crippen LogP contribution in [0.4, 0.5) is 5.69 Å². The van der Waals surface area contributed by atoms with Crippen LogP contribution in [-0.4, -0.2) is 19.0 Å². The van der Waals surface area contributed by atoms with E-state index in [1.807, 2.05) is 19.1 Å². The summed E-state index contributed by atoms with van der Waals surface area (Å²) in [7, 11) is 0. The van der Waals surface area contributed by atoms with E-state index in [-0.39, 0.29) is 5.91 Å². The van der Waals surface area contributed by atoms with Crippen LogP contribution < -0.4 is 10.6 Å². The quantitative estimate of drug-likeness (QED) is 0.840. The SMILES string of the molecule is Cc1ccc(Cl)cc1NC(=O)CNCC(C)C1CC1. The minimum Gasteiger partial charge on any atom is -0.325 e. The first kappa shape index (κ1) is 14.4. The Morgan fingerprint density at radius 3 is 2.89 bits per heavy atom. The molecule has 0 spiro atoms. The van der Waals surface area contributed by atoms with Crippen molar-refractivity contribution in [2.24, 2.45) is 11.8 Å². The van der Waals surface area contributed by atoms with E-state index in [9.17, 15) is 4.79 Å². The smallest absolute Gasteiger partial charge is 0.238 e. The van der Waals surface area contributed by atoms with Gasteiger partial charge in [-0.3, -0.25) is 4.79 Å². The normalized spacial score (nSPS) is 16.2. The van der Waals surface area contributed by atoms with Gasteiger partial charge in [0.25, 0.3) is 0 Å². The summed E-state index contributed by atoms with van der Waals surface area (Å²) < 4.78 is 0. The molecule has 1 unspecified atom stereocenters. The van der Waals surface area contributed by atoms with E-state index < -0.39 is 0 Å². The van der Waals surface area contributed by atoms with Crippen molar-refractivity contribution in [1.82, 2.24) is 5.32 Å². The number of nitrogens with one attached hydrogen (secondary N) is 2. The molecular formula is C15H21ClN2O. The van der Waals surface area contributed by atoms with Crippen LogP contribution in [0.1, 0.15) is 25.3 Å². The average Bonchev–Trinajstić information content (AvgIpc) is 3.18. The predicted molar refractivity (Wildman–Crippen MR) is 79.6 cm³/mol. The molecule has 19 heavy (non-hydrogen) atoms. The fourth-order valence-corrected chi connectivity index (χ4v) is 2.34. The van der Waals surface area contributed by atoms with Crippen LogP contribution in [0.3, 0.4) is 0 Å². The Bertz CT molecular complexity index is 457. The van der Waals surface area contributed by atoms with Crippen LogP contribution in [-0.2, 0) is 4.79 Å². The number of hydrogen-bond donors (Lipinski definition) is 2. The molecule has 1 fully saturated rings. The van der Waals surface area contributed by atoms with Crippen molar-refractivity contribution in [3.63, 3.8) is 0 Å². The van der Waals surface area contributed by atoms with Gasteiger partial charge < -0.3 is 10.6 Å². The topological polar surface area (TPSA) is 41.1 Å². The zero-order valence-corrected chi connectivity index (χ0v) is 12.3. The number of carbonyl (C=O) groups is 1. The summed E-state index contributed by atoms with van der Waals surface area (Å²) in [6, 6.07) is 5.50. The van der Waals surface area contributed by atoms with Crippen LogP contribution in [0.15, 0.2) is 18.2 Å². The lowest BCUT2D eigenvalue weighted by Gasteiger charge is -2.12. The van der Waals surface area contributed by atoms with Crippen LogP contribution in [0.25, 0.3) is 0 Å². The van der Waals surface area contributed by atoms with Crippen LogP contribution in [0, 0.1) is 18.8 Å². The van der Waals surface area contributed by atoms with Gasteiger partial charge in [-0.1, -0.05) is 24.6 Å². The van der Waals surface area contributed by atoms with Crippen molar-refractivity contribution in [2.45, 2.75) is 26.7 Å². The van der Waals surface area contributed by atoms with Crippen molar-refractivity contribution in [3.8, 4) is 0 Å². The standard InChI is InChI=1S/C15H21ClN2O/c1-10-3-6-13(16)7-14(10)18-15(19)9-17-8-11(2)12-4-5-12/h3,6-7,11-12,17H,4-5,8-9H2,1-2H3,(H,18,19). The lowest BCUT2D eigenvalue weighted by atomic mass is 10.1. The summed E-state index contributed by atoms with van der Waals surface area (Å²) in [6.07, 6.45) is 2.69. The summed E-state index contributed by atoms with van der Waals surface area (Å²) in [5.41, 5.74) is 1.80. The van der Waals surface area contributed by atoms with Gasteiger partial charge in [-0.2, -0.15) is 0 Å². The molecule has 0 radical (unpaired) electrons. The van der Waals surface area contributed by atoms with Gasteiger partial charge in [0, 0.05) is 10.7 Å². The molecule has 0 saturated heterocycles. The Morgan fingerprint density at radius 2 is 2.21 bits per heavy atom. The number of hydrogen-bond acceptors (Lipinski definition) is 2. The lowest BCUT2D eigenvalue weighted by Crippen LogP contribution is -2.31. The number of halogens is 1. The monoisotopic (exact) mass is 280 g/mol. The third kappa shape index (κ3) is 4.51. The molecule has 4 heteroatoms. The molecule has 1 saturated carbocycles. The van der Waals surface area contributed by atoms with Gasteiger partial charge in [0.1, 0.15) is 0 Å². The molecule has 1 aliphatic carbocycles. The molecular weight excluding hydrogens is 260 g/mol. The third-order valence-electron chi connectivity index (χ3n) is 3.65. The second-order valence-corrected chi connectivity index (χ2v) is 5.89. The van der Waals surface area contributed by atoms with Gasteiger partial charge in [-0.15, -0.1) is 0 Å². The number of rotatable bonds is 6.